The van der Waals surface area contributed by atoms with E-state index in [2.05, 4.69) is 0 Å². The Hall–Kier alpha value is -2.02. The van der Waals surface area contributed by atoms with Crippen LogP contribution in [0, 0.1) is 27.6 Å². The maximum atomic E-state index is 13.5. The Morgan fingerprint density at radius 1 is 1.16 bits per heavy atom. The molecule has 1 heterocycles. The molecule has 0 bridgehead atoms. The first-order valence-electron chi connectivity index (χ1n) is 4.92. The normalized spacial score (nSPS) is 12.4. The molecule has 0 aliphatic carbocycles. The van der Waals surface area contributed by atoms with Crippen molar-refractivity contribution >= 4 is 17.5 Å². The molecule has 1 aromatic heterocycles. The van der Waals surface area contributed by atoms with Crippen LogP contribution in [0.1, 0.15) is 16.7 Å². The molecule has 8 heteroatoms. The van der Waals surface area contributed by atoms with Gasteiger partial charge in [0.05, 0.1) is 6.07 Å². The van der Waals surface area contributed by atoms with Crippen LogP contribution >= 0.6 is 11.6 Å². The number of alkyl halides is 1. The van der Waals surface area contributed by atoms with Crippen LogP contribution in [0.25, 0.3) is 0 Å². The van der Waals surface area contributed by atoms with Gasteiger partial charge in [-0.1, -0.05) is 0 Å². The van der Waals surface area contributed by atoms with Crippen LogP contribution < -0.4 is 0 Å². The Morgan fingerprint density at radius 2 is 1.79 bits per heavy atom. The van der Waals surface area contributed by atoms with Crippen LogP contribution in [-0.2, 0) is 0 Å². The number of rotatable bonds is 3. The van der Waals surface area contributed by atoms with E-state index in [0.29, 0.717) is 12.1 Å². The molecule has 0 aliphatic heterocycles. The van der Waals surface area contributed by atoms with Crippen molar-refractivity contribution in [2.75, 3.05) is 0 Å². The van der Waals surface area contributed by atoms with E-state index in [1.807, 2.05) is 0 Å². The van der Waals surface area contributed by atoms with Gasteiger partial charge in [-0.25, -0.2) is 13.2 Å². The van der Waals surface area contributed by atoms with Crippen molar-refractivity contribution in [3.8, 4) is 0 Å². The smallest absolute Gasteiger partial charge is 0.404 e. The van der Waals surface area contributed by atoms with Gasteiger partial charge in [0, 0.05) is 11.6 Å². The molecule has 0 saturated heterocycles. The highest BCUT2D eigenvalue weighted by atomic mass is 35.5. The summed E-state index contributed by atoms with van der Waals surface area (Å²) in [5, 5.41) is 9.12. The van der Waals surface area contributed by atoms with E-state index in [0.717, 1.165) is 12.1 Å². The number of benzene rings is 1. The summed E-state index contributed by atoms with van der Waals surface area (Å²) in [6.07, 6.45) is 0. The van der Waals surface area contributed by atoms with Gasteiger partial charge in [0.2, 0.25) is 0 Å². The van der Waals surface area contributed by atoms with Crippen LogP contribution in [0.2, 0.25) is 0 Å². The van der Waals surface area contributed by atoms with Gasteiger partial charge in [0.25, 0.3) is 0 Å². The fourth-order valence-electron chi connectivity index (χ4n) is 1.46. The molecule has 100 valence electrons. The zero-order valence-corrected chi connectivity index (χ0v) is 9.83. The van der Waals surface area contributed by atoms with Crippen molar-refractivity contribution in [3.05, 3.63) is 63.2 Å². The lowest BCUT2D eigenvalue weighted by atomic mass is 10.1. The SMILES string of the molecule is O=[N+]([O-])c1ccc(C(Cl)c2cc(F)c(F)cc2F)o1. The summed E-state index contributed by atoms with van der Waals surface area (Å²) in [7, 11) is 0. The van der Waals surface area contributed by atoms with Crippen LogP contribution in [0.3, 0.4) is 0 Å². The Kier molecular flexibility index (Phi) is 3.48. The minimum absolute atomic E-state index is 0.140. The fraction of sp³-hybridized carbons (Fsp3) is 0.0909. The number of nitrogens with zero attached hydrogens (tertiary/aromatic N) is 1. The second kappa shape index (κ2) is 4.93. The molecule has 1 aromatic carbocycles. The third-order valence-corrected chi connectivity index (χ3v) is 2.81. The Labute approximate surface area is 109 Å². The van der Waals surface area contributed by atoms with Crippen molar-refractivity contribution in [1.82, 2.24) is 0 Å². The minimum atomic E-state index is -1.35. The summed E-state index contributed by atoms with van der Waals surface area (Å²) in [5.74, 6) is -4.42. The molecule has 0 fully saturated rings. The van der Waals surface area contributed by atoms with Gasteiger partial charge < -0.3 is 4.42 Å². The first-order chi connectivity index (χ1) is 8.90. The number of furan rings is 1. The maximum absolute atomic E-state index is 13.5. The molecule has 0 amide bonds. The van der Waals surface area contributed by atoms with Crippen molar-refractivity contribution in [3.63, 3.8) is 0 Å². The summed E-state index contributed by atoms with van der Waals surface area (Å²) in [6.45, 7) is 0. The summed E-state index contributed by atoms with van der Waals surface area (Å²) in [6, 6.07) is 3.12. The summed E-state index contributed by atoms with van der Waals surface area (Å²) in [4.78, 5) is 9.63. The molecule has 0 N–H and O–H groups in total. The largest absolute Gasteiger partial charge is 0.433 e. The third-order valence-electron chi connectivity index (χ3n) is 2.35. The Morgan fingerprint density at radius 3 is 2.37 bits per heavy atom. The number of hydrogen-bond acceptors (Lipinski definition) is 3. The average Bonchev–Trinajstić information content (AvgIpc) is 2.82. The predicted octanol–water partition coefficient (Wildman–Crippen LogP) is 3.93. The molecule has 4 nitrogen and oxygen atoms in total. The molecule has 1 unspecified atom stereocenters. The average molecular weight is 292 g/mol. The lowest BCUT2D eigenvalue weighted by Gasteiger charge is -2.08. The summed E-state index contributed by atoms with van der Waals surface area (Å²) >= 11 is 5.83. The Balaban J connectivity index is 2.40. The number of hydrogen-bond donors (Lipinski definition) is 0. The lowest BCUT2D eigenvalue weighted by Crippen LogP contribution is -1.99. The van der Waals surface area contributed by atoms with Crippen molar-refractivity contribution in [2.45, 2.75) is 5.38 Å². The van der Waals surface area contributed by atoms with Crippen LogP contribution in [0.5, 0.6) is 0 Å². The Bertz CT molecular complexity index is 644. The quantitative estimate of drug-likeness (QED) is 0.372. The van der Waals surface area contributed by atoms with Gasteiger partial charge in [0.15, 0.2) is 11.6 Å². The van der Waals surface area contributed by atoms with E-state index in [1.54, 1.807) is 0 Å². The fourth-order valence-corrected chi connectivity index (χ4v) is 1.75. The van der Waals surface area contributed by atoms with Crippen molar-refractivity contribution in [2.24, 2.45) is 0 Å². The highest BCUT2D eigenvalue weighted by Gasteiger charge is 2.23. The molecule has 2 aromatic rings. The molecule has 1 atom stereocenters. The summed E-state index contributed by atoms with van der Waals surface area (Å²) < 4.78 is 44.0. The molecule has 0 spiro atoms. The molecule has 0 radical (unpaired) electrons. The van der Waals surface area contributed by atoms with E-state index in [4.69, 9.17) is 16.0 Å². The van der Waals surface area contributed by atoms with Crippen LogP contribution in [-0.4, -0.2) is 4.92 Å². The first kappa shape index (κ1) is 13.4. The predicted molar refractivity (Wildman–Crippen MR) is 59.4 cm³/mol. The third kappa shape index (κ3) is 2.55. The lowest BCUT2D eigenvalue weighted by molar-refractivity contribution is -0.402. The first-order valence-corrected chi connectivity index (χ1v) is 5.36. The van der Waals surface area contributed by atoms with Gasteiger partial charge >= 0.3 is 5.88 Å². The van der Waals surface area contributed by atoms with Gasteiger partial charge in [-0.2, -0.15) is 0 Å². The van der Waals surface area contributed by atoms with Crippen LogP contribution in [0.4, 0.5) is 19.1 Å². The zero-order valence-electron chi connectivity index (χ0n) is 9.07. The molecular weight excluding hydrogens is 287 g/mol. The minimum Gasteiger partial charge on any atom is -0.404 e. The van der Waals surface area contributed by atoms with Crippen LogP contribution in [0.15, 0.2) is 28.7 Å². The monoisotopic (exact) mass is 291 g/mol. The highest BCUT2D eigenvalue weighted by molar-refractivity contribution is 6.22. The second-order valence-electron chi connectivity index (χ2n) is 3.58. The van der Waals surface area contributed by atoms with E-state index in [1.165, 1.54) is 0 Å². The van der Waals surface area contributed by atoms with Gasteiger partial charge in [-0.15, -0.1) is 11.6 Å². The zero-order chi connectivity index (χ0) is 14.2. The van der Waals surface area contributed by atoms with Gasteiger partial charge in [0.1, 0.15) is 21.9 Å². The highest BCUT2D eigenvalue weighted by Crippen LogP contribution is 2.34. The van der Waals surface area contributed by atoms with Crippen molar-refractivity contribution in [1.29, 1.82) is 0 Å². The molecule has 0 saturated carbocycles. The van der Waals surface area contributed by atoms with Gasteiger partial charge in [-0.05, 0) is 12.1 Å². The van der Waals surface area contributed by atoms with Crippen molar-refractivity contribution < 1.29 is 22.5 Å². The molecule has 2 rings (SSSR count). The van der Waals surface area contributed by atoms with E-state index in [9.17, 15) is 23.3 Å². The molecule has 19 heavy (non-hydrogen) atoms. The van der Waals surface area contributed by atoms with E-state index in [-0.39, 0.29) is 11.3 Å². The molecular formula is C11H5ClF3NO3. The second-order valence-corrected chi connectivity index (χ2v) is 4.02. The number of halogens is 4. The molecule has 0 aliphatic rings. The van der Waals surface area contributed by atoms with E-state index >= 15 is 0 Å². The standard InChI is InChI=1S/C11H5ClF3NO3/c12-11(9-1-2-10(19-9)16(17)18)5-3-7(14)8(15)4-6(5)13/h1-4,11H. The number of nitro groups is 1. The van der Waals surface area contributed by atoms with Gasteiger partial charge in [-0.3, -0.25) is 10.1 Å². The maximum Gasteiger partial charge on any atom is 0.433 e. The van der Waals surface area contributed by atoms with E-state index < -0.39 is 33.6 Å². The summed E-state index contributed by atoms with van der Waals surface area (Å²) in [5.41, 5.74) is -0.371. The topological polar surface area (TPSA) is 56.3 Å².